The maximum atomic E-state index is 8.00. The van der Waals surface area contributed by atoms with Gasteiger partial charge in [-0.25, -0.2) is 0 Å². The first-order chi connectivity index (χ1) is 8.04. The van der Waals surface area contributed by atoms with E-state index in [-0.39, 0.29) is 6.61 Å². The highest BCUT2D eigenvalue weighted by Gasteiger charge is 2.33. The van der Waals surface area contributed by atoms with E-state index in [1.165, 1.54) is 0 Å². The van der Waals surface area contributed by atoms with Gasteiger partial charge in [0.15, 0.2) is 0 Å². The minimum Gasteiger partial charge on any atom is -0.402 e. The van der Waals surface area contributed by atoms with E-state index in [1.54, 1.807) is 7.05 Å². The van der Waals surface area contributed by atoms with Crippen molar-refractivity contribution in [2.45, 2.75) is 26.2 Å². The fraction of sp³-hybridized carbons (Fsp3) is 1.00. The predicted molar refractivity (Wildman–Crippen MR) is 86.3 cm³/mol. The third kappa shape index (κ3) is 16.9. The summed E-state index contributed by atoms with van der Waals surface area (Å²) in [5.74, 6) is 0. The van der Waals surface area contributed by atoms with Gasteiger partial charge in [0.05, 0.1) is 6.61 Å². The fourth-order valence-electron chi connectivity index (χ4n) is 0.924. The highest BCUT2D eigenvalue weighted by atomic mass is 35.7. The largest absolute Gasteiger partial charge is 0.402 e. The normalized spacial score (nSPS) is 18.5. The molecular formula is C10H28Cl2N2O2Si2. The summed E-state index contributed by atoms with van der Waals surface area (Å²) >= 11 is 10.9. The van der Waals surface area contributed by atoms with Gasteiger partial charge in [-0.1, -0.05) is 0 Å². The van der Waals surface area contributed by atoms with Crippen LogP contribution in [0.15, 0.2) is 0 Å². The lowest BCUT2D eigenvalue weighted by molar-refractivity contribution is 0.296. The number of likely N-dealkylation sites (N-methyl/N-ethyl adjacent to an activating group) is 2. The Hall–Kier alpha value is 0.854. The molecule has 112 valence electrons. The Morgan fingerprint density at radius 3 is 1.89 bits per heavy atom. The number of hydrogen-bond acceptors (Lipinski definition) is 4. The zero-order chi connectivity index (χ0) is 14.8. The van der Waals surface area contributed by atoms with Crippen molar-refractivity contribution in [3.05, 3.63) is 0 Å². The van der Waals surface area contributed by atoms with E-state index in [0.29, 0.717) is 6.54 Å². The van der Waals surface area contributed by atoms with Crippen molar-refractivity contribution in [2.75, 3.05) is 40.4 Å². The molecule has 0 spiro atoms. The van der Waals surface area contributed by atoms with E-state index in [4.69, 9.17) is 31.7 Å². The van der Waals surface area contributed by atoms with Gasteiger partial charge in [-0.05, 0) is 40.3 Å². The monoisotopic (exact) mass is 334 g/mol. The quantitative estimate of drug-likeness (QED) is 0.599. The fourth-order valence-corrected chi connectivity index (χ4v) is 2.36. The van der Waals surface area contributed by atoms with Crippen LogP contribution in [0.3, 0.4) is 0 Å². The molecule has 1 rings (SSSR count). The van der Waals surface area contributed by atoms with E-state index < -0.39 is 15.2 Å². The van der Waals surface area contributed by atoms with Crippen molar-refractivity contribution in [3.63, 3.8) is 0 Å². The number of hydrogen-bond donors (Lipinski definition) is 2. The van der Waals surface area contributed by atoms with Gasteiger partial charge in [0.25, 0.3) is 8.48 Å². The molecule has 4 nitrogen and oxygen atoms in total. The lowest BCUT2D eigenvalue weighted by Crippen LogP contribution is -2.41. The van der Waals surface area contributed by atoms with Crippen LogP contribution >= 0.6 is 22.2 Å². The van der Waals surface area contributed by atoms with E-state index in [0.717, 1.165) is 13.2 Å². The highest BCUT2D eigenvalue weighted by Crippen LogP contribution is 2.14. The van der Waals surface area contributed by atoms with Crippen molar-refractivity contribution in [3.8, 4) is 0 Å². The molecule has 1 heterocycles. The lowest BCUT2D eigenvalue weighted by Gasteiger charge is -2.21. The molecule has 2 N–H and O–H groups in total. The zero-order valence-electron chi connectivity index (χ0n) is 12.4. The molecule has 0 aliphatic carbocycles. The number of halogens is 2. The van der Waals surface area contributed by atoms with Gasteiger partial charge < -0.3 is 19.4 Å². The Morgan fingerprint density at radius 2 is 1.83 bits per heavy atom. The van der Waals surface area contributed by atoms with Gasteiger partial charge in [0, 0.05) is 19.7 Å². The van der Waals surface area contributed by atoms with Gasteiger partial charge in [0.2, 0.25) is 6.69 Å². The van der Waals surface area contributed by atoms with Crippen LogP contribution in [0.5, 0.6) is 0 Å². The number of aliphatic hydroxyl groups excluding tert-OH is 1. The zero-order valence-corrected chi connectivity index (χ0v) is 15.9. The van der Waals surface area contributed by atoms with Crippen molar-refractivity contribution in [2.24, 2.45) is 0 Å². The maximum Gasteiger partial charge on any atom is 0.265 e. The maximum absolute atomic E-state index is 8.00. The minimum atomic E-state index is -1.67. The van der Waals surface area contributed by atoms with E-state index in [1.807, 2.05) is 13.1 Å². The molecule has 1 aliphatic rings. The second-order valence-corrected chi connectivity index (χ2v) is 17.7. The Kier molecular flexibility index (Phi) is 12.5. The topological polar surface area (TPSA) is 44.7 Å². The third-order valence-corrected chi connectivity index (χ3v) is 5.14. The van der Waals surface area contributed by atoms with Gasteiger partial charge in [0.1, 0.15) is 0 Å². The van der Waals surface area contributed by atoms with Crippen LogP contribution in [0, 0.1) is 0 Å². The molecule has 1 saturated heterocycles. The van der Waals surface area contributed by atoms with Crippen LogP contribution in [0.4, 0.5) is 0 Å². The average molecular weight is 335 g/mol. The Morgan fingerprint density at radius 1 is 1.39 bits per heavy atom. The summed E-state index contributed by atoms with van der Waals surface area (Å²) in [4.78, 5) is 0. The van der Waals surface area contributed by atoms with Crippen LogP contribution in [0.1, 0.15) is 0 Å². The van der Waals surface area contributed by atoms with Crippen LogP contribution < -0.4 is 5.32 Å². The number of rotatable bonds is 2. The smallest absolute Gasteiger partial charge is 0.265 e. The van der Waals surface area contributed by atoms with Crippen molar-refractivity contribution in [1.82, 2.24) is 9.88 Å². The van der Waals surface area contributed by atoms with Gasteiger partial charge in [-0.2, -0.15) is 0 Å². The second-order valence-electron chi connectivity index (χ2n) is 4.87. The highest BCUT2D eigenvalue weighted by molar-refractivity contribution is 7.44. The minimum absolute atomic E-state index is 0.233. The SMILES string of the molecule is CN1CCO[Si]1(C)C.CNCCO.C[Si](C)(Cl)Cl. The molecule has 0 aromatic carbocycles. The van der Waals surface area contributed by atoms with Crippen molar-refractivity contribution >= 4 is 37.3 Å². The van der Waals surface area contributed by atoms with Crippen LogP contribution in [0.25, 0.3) is 0 Å². The van der Waals surface area contributed by atoms with E-state index in [9.17, 15) is 0 Å². The molecule has 8 heteroatoms. The standard InChI is InChI=1S/C5H13NOSi.C3H9NO.C2H6Cl2Si/c1-6-4-5-7-8(6,2)3;1-4-2-3-5;1-5(2,3)4/h4-5H2,1-3H3;4-5H,2-3H2,1H3;1-2H3. The molecule has 0 bridgehead atoms. The summed E-state index contributed by atoms with van der Waals surface area (Å²) in [5, 5.41) is 10.8. The number of aliphatic hydroxyl groups is 1. The molecule has 0 saturated carbocycles. The van der Waals surface area contributed by atoms with Crippen LogP contribution in [-0.2, 0) is 4.43 Å². The summed E-state index contributed by atoms with van der Waals surface area (Å²) in [5.41, 5.74) is 0. The molecule has 0 atom stereocenters. The van der Waals surface area contributed by atoms with Crippen molar-refractivity contribution < 1.29 is 9.53 Å². The van der Waals surface area contributed by atoms with E-state index >= 15 is 0 Å². The third-order valence-electron chi connectivity index (χ3n) is 2.16. The van der Waals surface area contributed by atoms with Crippen LogP contribution in [0.2, 0.25) is 26.2 Å². The van der Waals surface area contributed by atoms with Crippen molar-refractivity contribution in [1.29, 1.82) is 0 Å². The Balaban J connectivity index is 0. The first-order valence-electron chi connectivity index (χ1n) is 6.03. The van der Waals surface area contributed by atoms with Gasteiger partial charge in [-0.3, -0.25) is 0 Å². The average Bonchev–Trinajstić information content (AvgIpc) is 2.45. The van der Waals surface area contributed by atoms with E-state index in [2.05, 4.69) is 30.0 Å². The summed E-state index contributed by atoms with van der Waals surface area (Å²) in [7, 11) is 2.63. The second kappa shape index (κ2) is 10.6. The predicted octanol–water partition coefficient (Wildman–Crippen LogP) is 2.01. The molecule has 0 aromatic rings. The first kappa shape index (κ1) is 21.2. The first-order valence-corrected chi connectivity index (χ1v) is 13.9. The molecule has 0 radical (unpaired) electrons. The molecular weight excluding hydrogens is 307 g/mol. The summed E-state index contributed by atoms with van der Waals surface area (Å²) in [6.07, 6.45) is 0. The summed E-state index contributed by atoms with van der Waals surface area (Å²) < 4.78 is 7.86. The molecule has 0 amide bonds. The summed E-state index contributed by atoms with van der Waals surface area (Å²) in [6, 6.07) is 0. The van der Waals surface area contributed by atoms with Gasteiger partial charge >= 0.3 is 0 Å². The summed E-state index contributed by atoms with van der Waals surface area (Å²) in [6.45, 7) is 9.48. The Labute approximate surface area is 123 Å². The number of nitrogens with one attached hydrogen (secondary N) is 1. The molecule has 1 aliphatic heterocycles. The van der Waals surface area contributed by atoms with Gasteiger partial charge in [-0.15, -0.1) is 22.2 Å². The molecule has 1 fully saturated rings. The molecule has 18 heavy (non-hydrogen) atoms. The lowest BCUT2D eigenvalue weighted by atomic mass is 10.7. The molecule has 0 aromatic heterocycles. The number of nitrogens with zero attached hydrogens (tertiary/aromatic N) is 1. The molecule has 0 unspecified atom stereocenters. The van der Waals surface area contributed by atoms with Crippen LogP contribution in [-0.4, -0.2) is 65.2 Å². The Bertz CT molecular complexity index is 197.